The molecule has 0 radical (unpaired) electrons. The zero-order chi connectivity index (χ0) is 13.0. The lowest BCUT2D eigenvalue weighted by atomic mass is 10.2. The maximum atomic E-state index is 5.05. The number of anilines is 1. The molecule has 5 nitrogen and oxygen atoms in total. The smallest absolute Gasteiger partial charge is 0.205 e. The summed E-state index contributed by atoms with van der Waals surface area (Å²) in [5.74, 6) is 0.906. The molecule has 0 atom stereocenters. The summed E-state index contributed by atoms with van der Waals surface area (Å²) >= 11 is 1.51. The van der Waals surface area contributed by atoms with Gasteiger partial charge in [0.25, 0.3) is 0 Å². The van der Waals surface area contributed by atoms with E-state index in [1.165, 1.54) is 11.5 Å². The molecule has 102 valence electrons. The minimum absolute atomic E-state index is 0.638. The molecular formula is C12H22N4OS. The first-order chi connectivity index (χ1) is 8.70. The number of methoxy groups -OCH3 is 1. The molecule has 18 heavy (non-hydrogen) atoms. The summed E-state index contributed by atoms with van der Waals surface area (Å²) in [6, 6.07) is 0.638. The normalized spacial score (nSPS) is 17.7. The van der Waals surface area contributed by atoms with Crippen LogP contribution in [0.1, 0.15) is 19.7 Å². The standard InChI is InChI=1S/C12H22N4OS/c1-10(2)15-5-7-16(8-6-15)12-13-11(14-18-12)4-9-17-3/h10H,4-9H2,1-3H3. The van der Waals surface area contributed by atoms with Crippen LogP contribution < -0.4 is 4.90 Å². The maximum absolute atomic E-state index is 5.05. The third-order valence-corrected chi connectivity index (χ3v) is 4.12. The minimum Gasteiger partial charge on any atom is -0.384 e. The fourth-order valence-corrected chi connectivity index (χ4v) is 2.86. The van der Waals surface area contributed by atoms with Crippen molar-refractivity contribution in [1.29, 1.82) is 0 Å². The van der Waals surface area contributed by atoms with Crippen LogP contribution in [-0.2, 0) is 11.2 Å². The van der Waals surface area contributed by atoms with Gasteiger partial charge in [0.2, 0.25) is 5.13 Å². The van der Waals surface area contributed by atoms with Crippen LogP contribution in [0.2, 0.25) is 0 Å². The van der Waals surface area contributed by atoms with Crippen molar-refractivity contribution in [3.8, 4) is 0 Å². The van der Waals surface area contributed by atoms with Crippen molar-refractivity contribution in [2.45, 2.75) is 26.3 Å². The summed E-state index contributed by atoms with van der Waals surface area (Å²) in [5.41, 5.74) is 0. The lowest BCUT2D eigenvalue weighted by Crippen LogP contribution is -2.48. The van der Waals surface area contributed by atoms with Crippen molar-refractivity contribution >= 4 is 16.7 Å². The van der Waals surface area contributed by atoms with E-state index >= 15 is 0 Å². The van der Waals surface area contributed by atoms with Crippen LogP contribution in [0, 0.1) is 0 Å². The van der Waals surface area contributed by atoms with Gasteiger partial charge in [0.15, 0.2) is 0 Å². The van der Waals surface area contributed by atoms with E-state index in [-0.39, 0.29) is 0 Å². The first-order valence-electron chi connectivity index (χ1n) is 6.51. The van der Waals surface area contributed by atoms with Gasteiger partial charge in [-0.2, -0.15) is 4.37 Å². The van der Waals surface area contributed by atoms with E-state index in [2.05, 4.69) is 33.0 Å². The fraction of sp³-hybridized carbons (Fsp3) is 0.833. The highest BCUT2D eigenvalue weighted by Crippen LogP contribution is 2.19. The lowest BCUT2D eigenvalue weighted by Gasteiger charge is -2.36. The quantitative estimate of drug-likeness (QED) is 0.805. The number of piperazine rings is 1. The number of hydrogen-bond acceptors (Lipinski definition) is 6. The maximum Gasteiger partial charge on any atom is 0.205 e. The van der Waals surface area contributed by atoms with Crippen molar-refractivity contribution in [3.63, 3.8) is 0 Å². The molecule has 0 N–H and O–H groups in total. The Balaban J connectivity index is 1.87. The van der Waals surface area contributed by atoms with Gasteiger partial charge in [0, 0.05) is 57.3 Å². The van der Waals surface area contributed by atoms with E-state index in [1.54, 1.807) is 7.11 Å². The number of rotatable bonds is 5. The molecule has 0 amide bonds. The highest BCUT2D eigenvalue weighted by Gasteiger charge is 2.21. The second kappa shape index (κ2) is 6.45. The van der Waals surface area contributed by atoms with Crippen LogP contribution in [0.4, 0.5) is 5.13 Å². The lowest BCUT2D eigenvalue weighted by molar-refractivity contribution is 0.200. The number of ether oxygens (including phenoxy) is 1. The van der Waals surface area contributed by atoms with Gasteiger partial charge in [-0.15, -0.1) is 0 Å². The molecule has 2 rings (SSSR count). The topological polar surface area (TPSA) is 41.5 Å². The third-order valence-electron chi connectivity index (χ3n) is 3.30. The van der Waals surface area contributed by atoms with E-state index in [0.29, 0.717) is 12.6 Å². The Bertz CT molecular complexity index is 361. The van der Waals surface area contributed by atoms with E-state index in [4.69, 9.17) is 4.74 Å². The van der Waals surface area contributed by atoms with Gasteiger partial charge < -0.3 is 9.64 Å². The molecule has 1 fully saturated rings. The monoisotopic (exact) mass is 270 g/mol. The molecule has 0 bridgehead atoms. The summed E-state index contributed by atoms with van der Waals surface area (Å²) in [7, 11) is 1.71. The molecular weight excluding hydrogens is 248 g/mol. The molecule has 0 spiro atoms. The van der Waals surface area contributed by atoms with Gasteiger partial charge in [0.1, 0.15) is 5.82 Å². The fourth-order valence-electron chi connectivity index (χ4n) is 2.10. The summed E-state index contributed by atoms with van der Waals surface area (Å²) < 4.78 is 9.42. The highest BCUT2D eigenvalue weighted by atomic mass is 32.1. The largest absolute Gasteiger partial charge is 0.384 e. The zero-order valence-electron chi connectivity index (χ0n) is 11.4. The second-order valence-corrected chi connectivity index (χ2v) is 5.58. The predicted molar refractivity (Wildman–Crippen MR) is 74.4 cm³/mol. The molecule has 2 heterocycles. The van der Waals surface area contributed by atoms with E-state index in [1.807, 2.05) is 0 Å². The second-order valence-electron chi connectivity index (χ2n) is 4.85. The third kappa shape index (κ3) is 3.40. The molecule has 1 aromatic heterocycles. The molecule has 1 aromatic rings. The van der Waals surface area contributed by atoms with E-state index < -0.39 is 0 Å². The van der Waals surface area contributed by atoms with Gasteiger partial charge >= 0.3 is 0 Å². The van der Waals surface area contributed by atoms with Gasteiger partial charge in [-0.25, -0.2) is 4.98 Å². The average Bonchev–Trinajstić information content (AvgIpc) is 2.85. The zero-order valence-corrected chi connectivity index (χ0v) is 12.2. The van der Waals surface area contributed by atoms with Gasteiger partial charge in [-0.3, -0.25) is 4.90 Å². The first-order valence-corrected chi connectivity index (χ1v) is 7.28. The Morgan fingerprint density at radius 1 is 1.28 bits per heavy atom. The summed E-state index contributed by atoms with van der Waals surface area (Å²) in [4.78, 5) is 9.42. The molecule has 0 aliphatic carbocycles. The number of hydrogen-bond donors (Lipinski definition) is 0. The molecule has 6 heteroatoms. The van der Waals surface area contributed by atoms with Crippen LogP contribution in [0.5, 0.6) is 0 Å². The minimum atomic E-state index is 0.638. The highest BCUT2D eigenvalue weighted by molar-refractivity contribution is 7.09. The molecule has 1 aliphatic rings. The molecule has 1 saturated heterocycles. The first kappa shape index (κ1) is 13.7. The van der Waals surface area contributed by atoms with Crippen molar-refractivity contribution < 1.29 is 4.74 Å². The van der Waals surface area contributed by atoms with Crippen molar-refractivity contribution in [2.24, 2.45) is 0 Å². The van der Waals surface area contributed by atoms with E-state index in [0.717, 1.165) is 43.6 Å². The van der Waals surface area contributed by atoms with Crippen LogP contribution in [0.3, 0.4) is 0 Å². The van der Waals surface area contributed by atoms with Gasteiger partial charge in [0.05, 0.1) is 6.61 Å². The SMILES string of the molecule is COCCc1nsc(N2CCN(C(C)C)CC2)n1. The number of aromatic nitrogens is 2. The van der Waals surface area contributed by atoms with Crippen molar-refractivity contribution in [2.75, 3.05) is 44.8 Å². The molecule has 0 saturated carbocycles. The molecule has 1 aliphatic heterocycles. The Labute approximate surface area is 113 Å². The predicted octanol–water partition coefficient (Wildman–Crippen LogP) is 1.26. The van der Waals surface area contributed by atoms with Gasteiger partial charge in [-0.1, -0.05) is 0 Å². The summed E-state index contributed by atoms with van der Waals surface area (Å²) in [5, 5.41) is 1.06. The van der Waals surface area contributed by atoms with Crippen LogP contribution in [-0.4, -0.2) is 60.2 Å². The van der Waals surface area contributed by atoms with Crippen molar-refractivity contribution in [3.05, 3.63) is 5.82 Å². The molecule has 0 unspecified atom stereocenters. The van der Waals surface area contributed by atoms with Crippen LogP contribution >= 0.6 is 11.5 Å². The average molecular weight is 270 g/mol. The van der Waals surface area contributed by atoms with Gasteiger partial charge in [-0.05, 0) is 13.8 Å². The van der Waals surface area contributed by atoms with Crippen LogP contribution in [0.25, 0.3) is 0 Å². The Morgan fingerprint density at radius 2 is 2.00 bits per heavy atom. The summed E-state index contributed by atoms with van der Waals surface area (Å²) in [6.07, 6.45) is 0.805. The number of nitrogens with zero attached hydrogens (tertiary/aromatic N) is 4. The molecule has 0 aromatic carbocycles. The Kier molecular flexibility index (Phi) is 4.91. The Hall–Kier alpha value is -0.720. The van der Waals surface area contributed by atoms with Crippen LogP contribution in [0.15, 0.2) is 0 Å². The van der Waals surface area contributed by atoms with E-state index in [9.17, 15) is 0 Å². The summed E-state index contributed by atoms with van der Waals surface area (Å²) in [6.45, 7) is 9.54. The Morgan fingerprint density at radius 3 is 2.61 bits per heavy atom. The van der Waals surface area contributed by atoms with Crippen molar-refractivity contribution in [1.82, 2.24) is 14.3 Å².